The van der Waals surface area contributed by atoms with Gasteiger partial charge in [0.25, 0.3) is 0 Å². The molecule has 2 N–H and O–H groups in total. The molecule has 2 heteroatoms. The minimum absolute atomic E-state index is 0.0314. The Morgan fingerprint density at radius 3 is 2.06 bits per heavy atom. The van der Waals surface area contributed by atoms with Gasteiger partial charge >= 0.3 is 0 Å². The summed E-state index contributed by atoms with van der Waals surface area (Å²) in [5.41, 5.74) is 8.30. The van der Waals surface area contributed by atoms with Crippen molar-refractivity contribution in [2.24, 2.45) is 5.73 Å². The van der Waals surface area contributed by atoms with Crippen molar-refractivity contribution in [3.63, 3.8) is 0 Å². The van der Waals surface area contributed by atoms with Crippen molar-refractivity contribution in [3.05, 3.63) is 71.8 Å². The molecular formula is C16H19NO. The van der Waals surface area contributed by atoms with Gasteiger partial charge in [-0.3, -0.25) is 0 Å². The molecule has 94 valence electrons. The van der Waals surface area contributed by atoms with Gasteiger partial charge in [-0.25, -0.2) is 0 Å². The minimum atomic E-state index is -0.0635. The van der Waals surface area contributed by atoms with Crippen molar-refractivity contribution in [3.8, 4) is 0 Å². The number of benzene rings is 2. The smallest absolute Gasteiger partial charge is 0.0977 e. The highest BCUT2D eigenvalue weighted by atomic mass is 16.5. The van der Waals surface area contributed by atoms with Gasteiger partial charge in [0.1, 0.15) is 0 Å². The van der Waals surface area contributed by atoms with Crippen LogP contribution in [-0.4, -0.2) is 6.04 Å². The van der Waals surface area contributed by atoms with Crippen LogP contribution in [0.4, 0.5) is 0 Å². The third-order valence-electron chi connectivity index (χ3n) is 2.88. The zero-order chi connectivity index (χ0) is 12.8. The maximum Gasteiger partial charge on any atom is 0.0977 e. The monoisotopic (exact) mass is 241 g/mol. The molecule has 2 nitrogen and oxygen atoms in total. The van der Waals surface area contributed by atoms with Crippen molar-refractivity contribution in [2.75, 3.05) is 0 Å². The molecule has 0 aliphatic rings. The van der Waals surface area contributed by atoms with E-state index in [9.17, 15) is 0 Å². The second-order valence-electron chi connectivity index (χ2n) is 4.49. The number of hydrogen-bond acceptors (Lipinski definition) is 2. The van der Waals surface area contributed by atoms with Crippen LogP contribution in [0.1, 0.15) is 24.2 Å². The number of ether oxygens (including phenoxy) is 1. The molecule has 18 heavy (non-hydrogen) atoms. The fraction of sp³-hybridized carbons (Fsp3) is 0.250. The van der Waals surface area contributed by atoms with Gasteiger partial charge in [0.2, 0.25) is 0 Å². The normalized spacial score (nSPS) is 14.1. The first kappa shape index (κ1) is 12.8. The summed E-state index contributed by atoms with van der Waals surface area (Å²) in [6.45, 7) is 2.56. The molecule has 0 aromatic heterocycles. The van der Waals surface area contributed by atoms with Gasteiger partial charge in [-0.15, -0.1) is 0 Å². The molecule has 2 aromatic carbocycles. The van der Waals surface area contributed by atoms with E-state index in [0.717, 1.165) is 5.56 Å². The van der Waals surface area contributed by atoms with Crippen LogP contribution in [0, 0.1) is 0 Å². The van der Waals surface area contributed by atoms with Crippen LogP contribution in [0.2, 0.25) is 0 Å². The van der Waals surface area contributed by atoms with Crippen LogP contribution < -0.4 is 5.73 Å². The van der Waals surface area contributed by atoms with E-state index < -0.39 is 0 Å². The lowest BCUT2D eigenvalue weighted by Crippen LogP contribution is -2.26. The van der Waals surface area contributed by atoms with E-state index in [1.807, 2.05) is 43.3 Å². The summed E-state index contributed by atoms with van der Waals surface area (Å²) in [7, 11) is 0. The van der Waals surface area contributed by atoms with E-state index in [0.29, 0.717) is 6.61 Å². The van der Waals surface area contributed by atoms with Crippen LogP contribution >= 0.6 is 0 Å². The molecule has 2 atom stereocenters. The standard InChI is InChI=1S/C16H19NO/c1-13(17)16(15-10-6-3-7-11-15)18-12-14-8-4-2-5-9-14/h2-11,13,16H,12,17H2,1H3. The van der Waals surface area contributed by atoms with Crippen LogP contribution in [0.15, 0.2) is 60.7 Å². The predicted octanol–water partition coefficient (Wildman–Crippen LogP) is 3.29. The summed E-state index contributed by atoms with van der Waals surface area (Å²) in [6.07, 6.45) is -0.0635. The maximum atomic E-state index is 6.01. The highest BCUT2D eigenvalue weighted by Gasteiger charge is 2.16. The molecular weight excluding hydrogens is 222 g/mol. The lowest BCUT2D eigenvalue weighted by molar-refractivity contribution is 0.0259. The van der Waals surface area contributed by atoms with E-state index in [2.05, 4.69) is 24.3 Å². The van der Waals surface area contributed by atoms with Crippen molar-refractivity contribution in [1.82, 2.24) is 0 Å². The Hall–Kier alpha value is -1.64. The van der Waals surface area contributed by atoms with E-state index in [-0.39, 0.29) is 12.1 Å². The number of rotatable bonds is 5. The fourth-order valence-electron chi connectivity index (χ4n) is 1.95. The molecule has 0 saturated carbocycles. The molecule has 0 aliphatic carbocycles. The first-order valence-corrected chi connectivity index (χ1v) is 6.23. The molecule has 2 rings (SSSR count). The number of hydrogen-bond donors (Lipinski definition) is 1. The Morgan fingerprint density at radius 1 is 0.944 bits per heavy atom. The van der Waals surface area contributed by atoms with E-state index in [1.165, 1.54) is 5.56 Å². The summed E-state index contributed by atoms with van der Waals surface area (Å²) in [5, 5.41) is 0. The van der Waals surface area contributed by atoms with Gasteiger partial charge < -0.3 is 10.5 Å². The van der Waals surface area contributed by atoms with Crippen LogP contribution in [0.25, 0.3) is 0 Å². The Labute approximate surface area is 108 Å². The summed E-state index contributed by atoms with van der Waals surface area (Å²) in [5.74, 6) is 0. The largest absolute Gasteiger partial charge is 0.367 e. The Balaban J connectivity index is 2.04. The Kier molecular flexibility index (Phi) is 4.51. The molecule has 0 spiro atoms. The topological polar surface area (TPSA) is 35.2 Å². The third-order valence-corrected chi connectivity index (χ3v) is 2.88. The van der Waals surface area contributed by atoms with Gasteiger partial charge in [0, 0.05) is 6.04 Å². The number of nitrogens with two attached hydrogens (primary N) is 1. The first-order chi connectivity index (χ1) is 8.77. The van der Waals surface area contributed by atoms with Crippen molar-refractivity contribution < 1.29 is 4.74 Å². The molecule has 0 bridgehead atoms. The van der Waals surface area contributed by atoms with Crippen molar-refractivity contribution in [2.45, 2.75) is 25.7 Å². The van der Waals surface area contributed by atoms with Gasteiger partial charge in [-0.05, 0) is 18.1 Å². The molecule has 2 aromatic rings. The minimum Gasteiger partial charge on any atom is -0.367 e. The quantitative estimate of drug-likeness (QED) is 0.871. The fourth-order valence-corrected chi connectivity index (χ4v) is 1.95. The second-order valence-corrected chi connectivity index (χ2v) is 4.49. The highest BCUT2D eigenvalue weighted by molar-refractivity contribution is 5.19. The zero-order valence-electron chi connectivity index (χ0n) is 10.6. The van der Waals surface area contributed by atoms with Crippen LogP contribution in [-0.2, 0) is 11.3 Å². The summed E-state index contributed by atoms with van der Waals surface area (Å²) in [4.78, 5) is 0. The predicted molar refractivity (Wildman–Crippen MR) is 74.1 cm³/mol. The van der Waals surface area contributed by atoms with Gasteiger partial charge in [-0.2, -0.15) is 0 Å². The van der Waals surface area contributed by atoms with Gasteiger partial charge in [0.05, 0.1) is 12.7 Å². The van der Waals surface area contributed by atoms with E-state index in [1.54, 1.807) is 0 Å². The Morgan fingerprint density at radius 2 is 1.50 bits per heavy atom. The van der Waals surface area contributed by atoms with Crippen LogP contribution in [0.3, 0.4) is 0 Å². The average molecular weight is 241 g/mol. The molecule has 0 fully saturated rings. The molecule has 2 unspecified atom stereocenters. The molecule has 0 radical (unpaired) electrons. The average Bonchev–Trinajstić information content (AvgIpc) is 2.41. The molecule has 0 heterocycles. The summed E-state index contributed by atoms with van der Waals surface area (Å²) >= 11 is 0. The maximum absolute atomic E-state index is 6.01. The molecule has 0 aliphatic heterocycles. The van der Waals surface area contributed by atoms with Crippen molar-refractivity contribution >= 4 is 0 Å². The lowest BCUT2D eigenvalue weighted by Gasteiger charge is -2.22. The Bertz CT molecular complexity index is 453. The molecule has 0 saturated heterocycles. The van der Waals surface area contributed by atoms with E-state index >= 15 is 0 Å². The van der Waals surface area contributed by atoms with Gasteiger partial charge in [-0.1, -0.05) is 60.7 Å². The summed E-state index contributed by atoms with van der Waals surface area (Å²) in [6, 6.07) is 20.3. The summed E-state index contributed by atoms with van der Waals surface area (Å²) < 4.78 is 5.95. The lowest BCUT2D eigenvalue weighted by atomic mass is 10.0. The highest BCUT2D eigenvalue weighted by Crippen LogP contribution is 2.21. The molecule has 0 amide bonds. The van der Waals surface area contributed by atoms with Crippen molar-refractivity contribution in [1.29, 1.82) is 0 Å². The van der Waals surface area contributed by atoms with Crippen LogP contribution in [0.5, 0.6) is 0 Å². The van der Waals surface area contributed by atoms with Gasteiger partial charge in [0.15, 0.2) is 0 Å². The second kappa shape index (κ2) is 6.34. The third kappa shape index (κ3) is 3.42. The zero-order valence-corrected chi connectivity index (χ0v) is 10.6. The SMILES string of the molecule is CC(N)C(OCc1ccccc1)c1ccccc1. The van der Waals surface area contributed by atoms with E-state index in [4.69, 9.17) is 10.5 Å². The first-order valence-electron chi connectivity index (χ1n) is 6.23.